The van der Waals surface area contributed by atoms with Gasteiger partial charge in [0.15, 0.2) is 5.13 Å². The lowest BCUT2D eigenvalue weighted by Crippen LogP contribution is -2.40. The number of carbonyl (C=O) groups is 1. The first kappa shape index (κ1) is 15.5. The highest BCUT2D eigenvalue weighted by atomic mass is 32.1. The predicted molar refractivity (Wildman–Crippen MR) is 96.6 cm³/mol. The van der Waals surface area contributed by atoms with Gasteiger partial charge in [-0.15, -0.1) is 22.7 Å². The Morgan fingerprint density at radius 1 is 1.42 bits per heavy atom. The van der Waals surface area contributed by atoms with E-state index in [0.717, 1.165) is 34.6 Å². The van der Waals surface area contributed by atoms with Crippen molar-refractivity contribution < 1.29 is 9.18 Å². The second-order valence-electron chi connectivity index (χ2n) is 5.81. The molecule has 3 heterocycles. The van der Waals surface area contributed by atoms with Crippen LogP contribution in [0.5, 0.6) is 0 Å². The van der Waals surface area contributed by atoms with Crippen LogP contribution in [0.4, 0.5) is 9.52 Å². The minimum atomic E-state index is -0.280. The molecule has 1 fully saturated rings. The topological polar surface area (TPSA) is 45.2 Å². The molecule has 1 saturated heterocycles. The van der Waals surface area contributed by atoms with E-state index in [-0.39, 0.29) is 17.8 Å². The van der Waals surface area contributed by atoms with Crippen LogP contribution in [0, 0.1) is 5.82 Å². The Balaban J connectivity index is 1.43. The first-order chi connectivity index (χ1) is 11.7. The Morgan fingerprint density at radius 3 is 3.17 bits per heavy atom. The van der Waals surface area contributed by atoms with E-state index < -0.39 is 0 Å². The number of hydrogen-bond acceptors (Lipinski definition) is 5. The Morgan fingerprint density at radius 2 is 2.33 bits per heavy atom. The third kappa shape index (κ3) is 3.01. The van der Waals surface area contributed by atoms with Crippen LogP contribution >= 0.6 is 22.7 Å². The van der Waals surface area contributed by atoms with Gasteiger partial charge in [0.25, 0.3) is 5.91 Å². The molecule has 1 unspecified atom stereocenters. The van der Waals surface area contributed by atoms with Gasteiger partial charge < -0.3 is 10.2 Å². The molecule has 0 radical (unpaired) electrons. The fourth-order valence-electron chi connectivity index (χ4n) is 3.08. The molecule has 0 aliphatic carbocycles. The highest BCUT2D eigenvalue weighted by molar-refractivity contribution is 7.20. The average molecular weight is 361 g/mol. The van der Waals surface area contributed by atoms with Gasteiger partial charge >= 0.3 is 0 Å². The molecule has 0 saturated carbocycles. The van der Waals surface area contributed by atoms with E-state index >= 15 is 0 Å². The lowest BCUT2D eigenvalue weighted by Gasteiger charge is -2.24. The van der Waals surface area contributed by atoms with Gasteiger partial charge in [-0.05, 0) is 42.5 Å². The van der Waals surface area contributed by atoms with Gasteiger partial charge in [-0.25, -0.2) is 9.37 Å². The van der Waals surface area contributed by atoms with Crippen LogP contribution in [0.15, 0.2) is 35.8 Å². The molecular formula is C17H16FN3OS2. The summed E-state index contributed by atoms with van der Waals surface area (Å²) in [6.45, 7) is 1.58. The van der Waals surface area contributed by atoms with Crippen LogP contribution < -0.4 is 10.2 Å². The zero-order valence-corrected chi connectivity index (χ0v) is 14.5. The second-order valence-corrected chi connectivity index (χ2v) is 7.76. The van der Waals surface area contributed by atoms with Crippen LogP contribution in [0.1, 0.15) is 22.5 Å². The van der Waals surface area contributed by atoms with Crippen molar-refractivity contribution in [1.82, 2.24) is 10.3 Å². The van der Waals surface area contributed by atoms with Crippen molar-refractivity contribution in [3.8, 4) is 0 Å². The Labute approximate surface area is 146 Å². The summed E-state index contributed by atoms with van der Waals surface area (Å²) >= 11 is 3.02. The molecule has 1 aliphatic heterocycles. The first-order valence-electron chi connectivity index (χ1n) is 7.84. The zero-order valence-electron chi connectivity index (χ0n) is 12.9. The second kappa shape index (κ2) is 6.49. The van der Waals surface area contributed by atoms with E-state index in [4.69, 9.17) is 0 Å². The van der Waals surface area contributed by atoms with Crippen molar-refractivity contribution in [2.75, 3.05) is 18.0 Å². The lowest BCUT2D eigenvalue weighted by atomic mass is 10.2. The Bertz CT molecular complexity index is 862. The summed E-state index contributed by atoms with van der Waals surface area (Å²) in [6, 6.07) is 6.64. The number of carbonyl (C=O) groups excluding carboxylic acids is 1. The maximum absolute atomic E-state index is 13.3. The highest BCUT2D eigenvalue weighted by Gasteiger charge is 2.26. The van der Waals surface area contributed by atoms with Crippen molar-refractivity contribution in [2.45, 2.75) is 18.9 Å². The average Bonchev–Trinajstić information content (AvgIpc) is 3.30. The van der Waals surface area contributed by atoms with Crippen molar-refractivity contribution >= 4 is 43.8 Å². The van der Waals surface area contributed by atoms with E-state index in [1.54, 1.807) is 23.5 Å². The molecule has 1 N–H and O–H groups in total. The fraction of sp³-hybridized carbons (Fsp3) is 0.294. The van der Waals surface area contributed by atoms with Gasteiger partial charge in [0.1, 0.15) is 5.82 Å². The molecule has 2 aromatic heterocycles. The molecule has 0 bridgehead atoms. The van der Waals surface area contributed by atoms with E-state index in [9.17, 15) is 9.18 Å². The van der Waals surface area contributed by atoms with Gasteiger partial charge in [-0.2, -0.15) is 0 Å². The number of benzene rings is 1. The summed E-state index contributed by atoms with van der Waals surface area (Å²) in [4.78, 5) is 19.7. The molecular weight excluding hydrogens is 345 g/mol. The number of amides is 1. The predicted octanol–water partition coefficient (Wildman–Crippen LogP) is 3.90. The summed E-state index contributed by atoms with van der Waals surface area (Å²) in [6.07, 6.45) is 3.98. The number of fused-ring (bicyclic) bond motifs is 1. The summed E-state index contributed by atoms with van der Waals surface area (Å²) in [5.74, 6) is -0.375. The highest BCUT2D eigenvalue weighted by Crippen LogP contribution is 2.28. The van der Waals surface area contributed by atoms with Crippen LogP contribution in [0.25, 0.3) is 10.1 Å². The van der Waals surface area contributed by atoms with Crippen molar-refractivity contribution in [3.63, 3.8) is 0 Å². The standard InChI is InChI=1S/C17H16FN3OS2/c18-12-3-4-14-11(8-12)9-15(24-14)16(22)20-10-13-2-1-6-21(13)17-19-5-7-23-17/h3-5,7-9,13H,1-2,6,10H2,(H,20,22). The van der Waals surface area contributed by atoms with E-state index in [0.29, 0.717) is 11.4 Å². The molecule has 1 atom stereocenters. The van der Waals surface area contributed by atoms with Crippen LogP contribution in [0.3, 0.4) is 0 Å². The monoisotopic (exact) mass is 361 g/mol. The van der Waals surface area contributed by atoms with Gasteiger partial charge in [-0.3, -0.25) is 4.79 Å². The molecule has 4 nitrogen and oxygen atoms in total. The smallest absolute Gasteiger partial charge is 0.261 e. The van der Waals surface area contributed by atoms with Gasteiger partial charge in [0.2, 0.25) is 0 Å². The van der Waals surface area contributed by atoms with Gasteiger partial charge in [0, 0.05) is 35.4 Å². The van der Waals surface area contributed by atoms with Crippen LogP contribution in [0.2, 0.25) is 0 Å². The number of aromatic nitrogens is 1. The molecule has 4 rings (SSSR count). The number of anilines is 1. The molecule has 1 aromatic carbocycles. The number of halogens is 1. The summed E-state index contributed by atoms with van der Waals surface area (Å²) < 4.78 is 14.2. The van der Waals surface area contributed by atoms with E-state index in [1.807, 2.05) is 11.6 Å². The first-order valence-corrected chi connectivity index (χ1v) is 9.54. The largest absolute Gasteiger partial charge is 0.349 e. The number of thiophene rings is 1. The minimum absolute atomic E-state index is 0.0948. The summed E-state index contributed by atoms with van der Waals surface area (Å²) in [5.41, 5.74) is 0. The quantitative estimate of drug-likeness (QED) is 0.767. The normalized spacial score (nSPS) is 17.5. The zero-order chi connectivity index (χ0) is 16.5. The Hall–Kier alpha value is -1.99. The molecule has 124 valence electrons. The van der Waals surface area contributed by atoms with Crippen molar-refractivity contribution in [2.24, 2.45) is 0 Å². The number of nitrogens with one attached hydrogen (secondary N) is 1. The SMILES string of the molecule is O=C(NCC1CCCN1c1nccs1)c1cc2cc(F)ccc2s1. The molecule has 1 amide bonds. The van der Waals surface area contributed by atoms with Crippen LogP contribution in [-0.4, -0.2) is 30.0 Å². The maximum Gasteiger partial charge on any atom is 0.261 e. The summed E-state index contributed by atoms with van der Waals surface area (Å²) in [5, 5.41) is 6.78. The minimum Gasteiger partial charge on any atom is -0.349 e. The molecule has 0 spiro atoms. The number of hydrogen-bond donors (Lipinski definition) is 1. The lowest BCUT2D eigenvalue weighted by molar-refractivity contribution is 0.0955. The fourth-order valence-corrected chi connectivity index (χ4v) is 4.78. The van der Waals surface area contributed by atoms with Crippen molar-refractivity contribution in [1.29, 1.82) is 0 Å². The third-order valence-corrected chi connectivity index (χ3v) is 6.17. The molecule has 24 heavy (non-hydrogen) atoms. The van der Waals surface area contributed by atoms with Crippen LogP contribution in [-0.2, 0) is 0 Å². The summed E-state index contributed by atoms with van der Waals surface area (Å²) in [7, 11) is 0. The van der Waals surface area contributed by atoms with Gasteiger partial charge in [0.05, 0.1) is 4.88 Å². The molecule has 7 heteroatoms. The van der Waals surface area contributed by atoms with Crippen molar-refractivity contribution in [3.05, 3.63) is 46.5 Å². The van der Waals surface area contributed by atoms with E-state index in [1.165, 1.54) is 23.5 Å². The maximum atomic E-state index is 13.3. The number of nitrogens with zero attached hydrogens (tertiary/aromatic N) is 2. The van der Waals surface area contributed by atoms with E-state index in [2.05, 4.69) is 15.2 Å². The molecule has 3 aromatic rings. The Kier molecular flexibility index (Phi) is 4.20. The third-order valence-electron chi connectivity index (χ3n) is 4.24. The number of thiazole rings is 1. The molecule has 1 aliphatic rings. The number of rotatable bonds is 4. The van der Waals surface area contributed by atoms with Gasteiger partial charge in [-0.1, -0.05) is 0 Å².